The summed E-state index contributed by atoms with van der Waals surface area (Å²) in [5.74, 6) is -2.90. The van der Waals surface area contributed by atoms with Crippen LogP contribution in [0.5, 0.6) is 0 Å². The van der Waals surface area contributed by atoms with Gasteiger partial charge in [0.15, 0.2) is 11.6 Å². The number of halogens is 2. The summed E-state index contributed by atoms with van der Waals surface area (Å²) in [6.45, 7) is 0.219. The number of benzene rings is 3. The topological polar surface area (TPSA) is 91.2 Å². The highest BCUT2D eigenvalue weighted by atomic mass is 32.2. The van der Waals surface area contributed by atoms with E-state index >= 15 is 0 Å². The Morgan fingerprint density at radius 2 is 1.47 bits per heavy atom. The molecule has 0 spiro atoms. The molecule has 3 aromatic rings. The fourth-order valence-electron chi connectivity index (χ4n) is 3.61. The van der Waals surface area contributed by atoms with Gasteiger partial charge in [0.25, 0.3) is 0 Å². The molecular formula is C24H22F2N4O3S. The molecule has 1 aliphatic rings. The first-order chi connectivity index (χ1) is 16.3. The van der Waals surface area contributed by atoms with E-state index in [0.29, 0.717) is 30.3 Å². The van der Waals surface area contributed by atoms with Crippen LogP contribution in [0.4, 0.5) is 25.8 Å². The van der Waals surface area contributed by atoms with E-state index in [0.717, 1.165) is 17.8 Å². The highest BCUT2D eigenvalue weighted by molar-refractivity contribution is 7.89. The van der Waals surface area contributed by atoms with Crippen LogP contribution in [0, 0.1) is 17.6 Å². The number of hydrogen-bond donors (Lipinski definition) is 1. The first-order valence-electron chi connectivity index (χ1n) is 10.7. The first-order valence-corrected chi connectivity index (χ1v) is 12.1. The second-order valence-corrected chi connectivity index (χ2v) is 9.76. The van der Waals surface area contributed by atoms with Gasteiger partial charge in [0, 0.05) is 24.7 Å². The molecule has 1 amide bonds. The monoisotopic (exact) mass is 484 g/mol. The normalized spacial score (nSPS) is 15.5. The molecule has 10 heteroatoms. The van der Waals surface area contributed by atoms with Crippen molar-refractivity contribution in [2.24, 2.45) is 16.1 Å². The molecule has 0 aromatic heterocycles. The molecule has 0 bridgehead atoms. The molecule has 1 N–H and O–H groups in total. The third-order valence-corrected chi connectivity index (χ3v) is 7.42. The minimum Gasteiger partial charge on any atom is -0.326 e. The van der Waals surface area contributed by atoms with Crippen LogP contribution in [0.25, 0.3) is 0 Å². The Morgan fingerprint density at radius 1 is 0.853 bits per heavy atom. The molecule has 3 aromatic carbocycles. The number of nitrogens with zero attached hydrogens (tertiary/aromatic N) is 3. The number of hydrogen-bond acceptors (Lipinski definition) is 5. The number of amides is 1. The number of carbonyl (C=O) groups is 1. The molecule has 176 valence electrons. The zero-order valence-electron chi connectivity index (χ0n) is 18.1. The summed E-state index contributed by atoms with van der Waals surface area (Å²) in [6.07, 6.45) is 0.635. The lowest BCUT2D eigenvalue weighted by Gasteiger charge is -2.30. The first kappa shape index (κ1) is 23.7. The molecular weight excluding hydrogens is 462 g/mol. The van der Waals surface area contributed by atoms with Gasteiger partial charge in [0.1, 0.15) is 0 Å². The summed E-state index contributed by atoms with van der Waals surface area (Å²) in [5, 5.41) is 11.1. The van der Waals surface area contributed by atoms with Gasteiger partial charge in [-0.3, -0.25) is 4.79 Å². The quantitative estimate of drug-likeness (QED) is 0.474. The van der Waals surface area contributed by atoms with Crippen LogP contribution in [-0.4, -0.2) is 31.7 Å². The van der Waals surface area contributed by atoms with E-state index in [1.54, 1.807) is 24.3 Å². The van der Waals surface area contributed by atoms with Gasteiger partial charge in [-0.15, -0.1) is 0 Å². The van der Waals surface area contributed by atoms with Crippen molar-refractivity contribution < 1.29 is 22.0 Å². The minimum absolute atomic E-state index is 0.109. The number of nitrogens with one attached hydrogen (secondary N) is 1. The van der Waals surface area contributed by atoms with E-state index in [-0.39, 0.29) is 29.8 Å². The van der Waals surface area contributed by atoms with E-state index in [1.807, 2.05) is 30.3 Å². The van der Waals surface area contributed by atoms with Crippen LogP contribution in [-0.2, 0) is 14.8 Å². The summed E-state index contributed by atoms with van der Waals surface area (Å²) in [5.41, 5.74) is 1.97. The van der Waals surface area contributed by atoms with E-state index in [1.165, 1.54) is 4.31 Å². The molecule has 0 unspecified atom stereocenters. The molecule has 1 aliphatic heterocycles. The van der Waals surface area contributed by atoms with Crippen molar-refractivity contribution in [1.29, 1.82) is 0 Å². The number of piperidine rings is 1. The number of rotatable bonds is 6. The smallest absolute Gasteiger partial charge is 0.243 e. The SMILES string of the molecule is O=C(Nc1ccc(N=Nc2ccccc2)cc1)C1CCN(S(=O)(=O)c2ccc(F)c(F)c2)CC1. The number of carbonyl (C=O) groups excluding carboxylic acids is 1. The van der Waals surface area contributed by atoms with Crippen molar-refractivity contribution in [2.45, 2.75) is 17.7 Å². The van der Waals surface area contributed by atoms with Crippen molar-refractivity contribution in [3.05, 3.63) is 84.4 Å². The van der Waals surface area contributed by atoms with Crippen LogP contribution in [0.15, 0.2) is 87.9 Å². The molecule has 1 heterocycles. The van der Waals surface area contributed by atoms with Gasteiger partial charge >= 0.3 is 0 Å². The maximum Gasteiger partial charge on any atom is 0.243 e. The number of azo groups is 1. The predicted molar refractivity (Wildman–Crippen MR) is 124 cm³/mol. The predicted octanol–water partition coefficient (Wildman–Crippen LogP) is 5.42. The molecule has 1 fully saturated rings. The lowest BCUT2D eigenvalue weighted by Crippen LogP contribution is -2.41. The van der Waals surface area contributed by atoms with Crippen molar-refractivity contribution in [3.63, 3.8) is 0 Å². The average Bonchev–Trinajstić information content (AvgIpc) is 2.86. The Balaban J connectivity index is 1.32. The van der Waals surface area contributed by atoms with Gasteiger partial charge in [0.05, 0.1) is 16.3 Å². The van der Waals surface area contributed by atoms with Gasteiger partial charge in [-0.2, -0.15) is 14.5 Å². The van der Waals surface area contributed by atoms with Crippen LogP contribution in [0.3, 0.4) is 0 Å². The molecule has 0 radical (unpaired) electrons. The van der Waals surface area contributed by atoms with Crippen molar-refractivity contribution >= 4 is 33.0 Å². The zero-order valence-corrected chi connectivity index (χ0v) is 18.9. The standard InChI is InChI=1S/C24H22F2N4O3S/c25-22-11-10-21(16-23(22)26)34(32,33)30-14-12-17(13-15-30)24(31)27-18-6-8-20(9-7-18)29-28-19-4-2-1-3-5-19/h1-11,16-17H,12-15H2,(H,27,31). The van der Waals surface area contributed by atoms with Crippen LogP contribution < -0.4 is 5.32 Å². The highest BCUT2D eigenvalue weighted by Crippen LogP contribution is 2.26. The van der Waals surface area contributed by atoms with Crippen LogP contribution >= 0.6 is 0 Å². The molecule has 0 saturated carbocycles. The Labute approximate surface area is 196 Å². The summed E-state index contributed by atoms with van der Waals surface area (Å²) >= 11 is 0. The lowest BCUT2D eigenvalue weighted by molar-refractivity contribution is -0.120. The molecule has 4 rings (SSSR count). The zero-order chi connectivity index (χ0) is 24.1. The minimum atomic E-state index is -3.96. The van der Waals surface area contributed by atoms with Crippen LogP contribution in [0.1, 0.15) is 12.8 Å². The van der Waals surface area contributed by atoms with Gasteiger partial charge in [0.2, 0.25) is 15.9 Å². The number of sulfonamides is 1. The van der Waals surface area contributed by atoms with E-state index in [2.05, 4.69) is 15.5 Å². The molecule has 0 aliphatic carbocycles. The Hall–Kier alpha value is -3.50. The second kappa shape index (κ2) is 10.2. The second-order valence-electron chi connectivity index (χ2n) is 7.83. The average molecular weight is 485 g/mol. The number of anilines is 1. The maximum atomic E-state index is 13.5. The molecule has 34 heavy (non-hydrogen) atoms. The van der Waals surface area contributed by atoms with E-state index in [9.17, 15) is 22.0 Å². The maximum absolute atomic E-state index is 13.5. The van der Waals surface area contributed by atoms with E-state index in [4.69, 9.17) is 0 Å². The summed E-state index contributed by atoms with van der Waals surface area (Å²) in [6, 6.07) is 18.7. The summed E-state index contributed by atoms with van der Waals surface area (Å²) < 4.78 is 53.2. The largest absolute Gasteiger partial charge is 0.326 e. The molecule has 1 saturated heterocycles. The molecule has 0 atom stereocenters. The van der Waals surface area contributed by atoms with Crippen molar-refractivity contribution in [1.82, 2.24) is 4.31 Å². The Bertz CT molecular complexity index is 1290. The third-order valence-electron chi connectivity index (χ3n) is 5.53. The van der Waals surface area contributed by atoms with Crippen molar-refractivity contribution in [3.8, 4) is 0 Å². The van der Waals surface area contributed by atoms with Gasteiger partial charge in [-0.05, 0) is 67.4 Å². The Kier molecular flexibility index (Phi) is 7.09. The van der Waals surface area contributed by atoms with Crippen LogP contribution in [0.2, 0.25) is 0 Å². The Morgan fingerprint density at radius 3 is 2.09 bits per heavy atom. The van der Waals surface area contributed by atoms with Gasteiger partial charge in [-0.25, -0.2) is 17.2 Å². The third kappa shape index (κ3) is 5.52. The summed E-state index contributed by atoms with van der Waals surface area (Å²) in [4.78, 5) is 12.4. The highest BCUT2D eigenvalue weighted by Gasteiger charge is 2.32. The van der Waals surface area contributed by atoms with Gasteiger partial charge in [-0.1, -0.05) is 18.2 Å². The summed E-state index contributed by atoms with van der Waals surface area (Å²) in [7, 11) is -3.96. The fraction of sp³-hybridized carbons (Fsp3) is 0.208. The lowest BCUT2D eigenvalue weighted by atomic mass is 9.97. The van der Waals surface area contributed by atoms with Crippen molar-refractivity contribution in [2.75, 3.05) is 18.4 Å². The van der Waals surface area contributed by atoms with Gasteiger partial charge < -0.3 is 5.32 Å². The molecule has 7 nitrogen and oxygen atoms in total. The fourth-order valence-corrected chi connectivity index (χ4v) is 5.09. The van der Waals surface area contributed by atoms with E-state index < -0.39 is 21.7 Å².